The van der Waals surface area contributed by atoms with E-state index in [0.29, 0.717) is 0 Å². The van der Waals surface area contributed by atoms with Gasteiger partial charge in [-0.3, -0.25) is 0 Å². The minimum Gasteiger partial charge on any atom is -0.0610 e. The van der Waals surface area contributed by atoms with Gasteiger partial charge < -0.3 is 0 Å². The maximum atomic E-state index is 3.42. The fourth-order valence-electron chi connectivity index (χ4n) is 3.39. The molecule has 0 unspecified atom stereocenters. The summed E-state index contributed by atoms with van der Waals surface area (Å²) in [6, 6.07) is 28.2. The number of fused-ring (bicyclic) bond motifs is 2. The molecule has 5 aromatic rings. The zero-order chi connectivity index (χ0) is 13.1. The van der Waals surface area contributed by atoms with E-state index in [2.05, 4.69) is 60.7 Å². The van der Waals surface area contributed by atoms with Crippen molar-refractivity contribution in [3.8, 4) is 0 Å². The molecule has 0 atom stereocenters. The number of rotatable bonds is 0. The van der Waals surface area contributed by atoms with Crippen LogP contribution in [0.4, 0.5) is 0 Å². The summed E-state index contributed by atoms with van der Waals surface area (Å²) in [7, 11) is 0. The molecule has 0 spiro atoms. The van der Waals surface area contributed by atoms with Gasteiger partial charge in [-0.2, -0.15) is 0 Å². The minimum absolute atomic E-state index is 1.18. The van der Waals surface area contributed by atoms with E-state index in [-0.39, 0.29) is 0 Å². The summed E-state index contributed by atoms with van der Waals surface area (Å²) >= 11 is 0. The lowest BCUT2D eigenvalue weighted by Gasteiger charge is -2.13. The summed E-state index contributed by atoms with van der Waals surface area (Å²) in [6.07, 6.45) is 0. The average Bonchev–Trinajstić information content (AvgIpc) is 2.52. The standard InChI is InChI=1S/C20H10/c1-5-13-6-2-11-17-18-12-4-8-14-7-3-10-16(20(14)18)15(9-1)19(13)17/h1-10H. The summed E-state index contributed by atoms with van der Waals surface area (Å²) in [5, 5.41) is 10.1. The topological polar surface area (TPSA) is 0 Å². The van der Waals surface area contributed by atoms with E-state index in [4.69, 9.17) is 0 Å². The molecule has 5 aromatic carbocycles. The Morgan fingerprint density at radius 1 is 0.550 bits per heavy atom. The van der Waals surface area contributed by atoms with Crippen molar-refractivity contribution in [2.45, 2.75) is 0 Å². The molecule has 0 aromatic heterocycles. The molecule has 0 heterocycles. The molecular weight excluding hydrogens is 240 g/mol. The Bertz CT molecular complexity index is 917. The van der Waals surface area contributed by atoms with Crippen LogP contribution in [0.1, 0.15) is 0 Å². The zero-order valence-corrected chi connectivity index (χ0v) is 10.8. The van der Waals surface area contributed by atoms with Crippen LogP contribution in [-0.2, 0) is 0 Å². The van der Waals surface area contributed by atoms with Crippen molar-refractivity contribution in [3.05, 3.63) is 72.8 Å². The Morgan fingerprint density at radius 3 is 1.55 bits per heavy atom. The van der Waals surface area contributed by atoms with E-state index in [1.54, 1.807) is 0 Å². The maximum absolute atomic E-state index is 3.42. The third-order valence-electron chi connectivity index (χ3n) is 4.21. The summed E-state index contributed by atoms with van der Waals surface area (Å²) in [4.78, 5) is 0. The summed E-state index contributed by atoms with van der Waals surface area (Å²) in [6.45, 7) is 0. The average molecular weight is 250 g/mol. The van der Waals surface area contributed by atoms with Crippen LogP contribution in [0.5, 0.6) is 0 Å². The Kier molecular flexibility index (Phi) is 1.78. The lowest BCUT2D eigenvalue weighted by Crippen LogP contribution is -1.86. The van der Waals surface area contributed by atoms with Gasteiger partial charge in [-0.1, -0.05) is 60.7 Å². The van der Waals surface area contributed by atoms with E-state index >= 15 is 0 Å². The Balaban J connectivity index is 2.32. The number of benzene rings is 5. The second-order valence-electron chi connectivity index (χ2n) is 5.24. The van der Waals surface area contributed by atoms with Crippen LogP contribution >= 0.6 is 0 Å². The van der Waals surface area contributed by atoms with E-state index in [1.165, 1.54) is 43.1 Å². The van der Waals surface area contributed by atoms with Gasteiger partial charge in [0.25, 0.3) is 0 Å². The van der Waals surface area contributed by atoms with Crippen molar-refractivity contribution in [2.24, 2.45) is 0 Å². The number of hydrogen-bond donors (Lipinski definition) is 0. The molecular formula is C20H10. The molecule has 0 fully saturated rings. The molecule has 0 bridgehead atoms. The van der Waals surface area contributed by atoms with Crippen LogP contribution in [0.15, 0.2) is 60.7 Å². The maximum Gasteiger partial charge on any atom is -0.000763 e. The molecule has 0 saturated carbocycles. The Hall–Kier alpha value is -2.60. The molecule has 0 aliphatic rings. The van der Waals surface area contributed by atoms with E-state index in [1.807, 2.05) is 12.1 Å². The highest BCUT2D eigenvalue weighted by molar-refractivity contribution is 6.32. The smallest absolute Gasteiger partial charge is 0.000763 e. The predicted molar refractivity (Wildman–Crippen MR) is 85.3 cm³/mol. The molecule has 20 heavy (non-hydrogen) atoms. The van der Waals surface area contributed by atoms with Crippen molar-refractivity contribution in [3.63, 3.8) is 0 Å². The molecule has 0 saturated heterocycles. The monoisotopic (exact) mass is 250 g/mol. The molecule has 0 aliphatic heterocycles. The van der Waals surface area contributed by atoms with Crippen molar-refractivity contribution in [1.29, 1.82) is 0 Å². The fourth-order valence-corrected chi connectivity index (χ4v) is 3.39. The normalized spacial score (nSPS) is 12.0. The molecule has 0 N–H and O–H groups in total. The van der Waals surface area contributed by atoms with Gasteiger partial charge in [0.2, 0.25) is 0 Å². The van der Waals surface area contributed by atoms with Gasteiger partial charge in [-0.25, -0.2) is 0 Å². The van der Waals surface area contributed by atoms with Gasteiger partial charge in [-0.15, -0.1) is 0 Å². The lowest BCUT2D eigenvalue weighted by molar-refractivity contribution is 1.77. The first-order chi connectivity index (χ1) is 9.93. The summed E-state index contributed by atoms with van der Waals surface area (Å²) in [5.74, 6) is 0. The van der Waals surface area contributed by atoms with Gasteiger partial charge in [0, 0.05) is 0 Å². The number of hydrogen-bond acceptors (Lipinski definition) is 0. The van der Waals surface area contributed by atoms with Crippen molar-refractivity contribution in [1.82, 2.24) is 0 Å². The van der Waals surface area contributed by atoms with Crippen LogP contribution in [0, 0.1) is 12.1 Å². The van der Waals surface area contributed by atoms with Gasteiger partial charge in [0.15, 0.2) is 0 Å². The molecule has 2 radical (unpaired) electrons. The van der Waals surface area contributed by atoms with E-state index < -0.39 is 0 Å². The Labute approximate surface area is 116 Å². The van der Waals surface area contributed by atoms with Crippen LogP contribution in [-0.4, -0.2) is 0 Å². The molecule has 0 aliphatic carbocycles. The van der Waals surface area contributed by atoms with Crippen LogP contribution in [0.3, 0.4) is 0 Å². The highest BCUT2D eigenvalue weighted by atomic mass is 14.1. The highest BCUT2D eigenvalue weighted by Crippen LogP contribution is 2.39. The largest absolute Gasteiger partial charge is 0.0610 e. The van der Waals surface area contributed by atoms with Crippen molar-refractivity contribution >= 4 is 43.1 Å². The van der Waals surface area contributed by atoms with Gasteiger partial charge in [-0.05, 0) is 55.2 Å². The molecule has 90 valence electrons. The van der Waals surface area contributed by atoms with Crippen LogP contribution in [0.25, 0.3) is 43.1 Å². The fraction of sp³-hybridized carbons (Fsp3) is 0. The first-order valence-electron chi connectivity index (χ1n) is 6.81. The van der Waals surface area contributed by atoms with Gasteiger partial charge >= 0.3 is 0 Å². The molecule has 0 heteroatoms. The second-order valence-corrected chi connectivity index (χ2v) is 5.24. The minimum atomic E-state index is 1.18. The van der Waals surface area contributed by atoms with Crippen molar-refractivity contribution < 1.29 is 0 Å². The Morgan fingerprint density at radius 2 is 1.05 bits per heavy atom. The lowest BCUT2D eigenvalue weighted by atomic mass is 9.90. The van der Waals surface area contributed by atoms with Gasteiger partial charge in [0.1, 0.15) is 0 Å². The van der Waals surface area contributed by atoms with Crippen molar-refractivity contribution in [2.75, 3.05) is 0 Å². The summed E-state index contributed by atoms with van der Waals surface area (Å²) < 4.78 is 0. The van der Waals surface area contributed by atoms with E-state index in [0.717, 1.165) is 0 Å². The first kappa shape index (κ1) is 10.2. The van der Waals surface area contributed by atoms with Gasteiger partial charge in [0.05, 0.1) is 0 Å². The highest BCUT2D eigenvalue weighted by Gasteiger charge is 2.11. The third-order valence-corrected chi connectivity index (χ3v) is 4.21. The first-order valence-corrected chi connectivity index (χ1v) is 6.81. The SMILES string of the molecule is [c]1ccc2cccc3c4cccc5cc[c]c(c1c23)c54. The zero-order valence-electron chi connectivity index (χ0n) is 10.8. The molecule has 0 nitrogen and oxygen atoms in total. The summed E-state index contributed by atoms with van der Waals surface area (Å²) in [5.41, 5.74) is 0. The van der Waals surface area contributed by atoms with Crippen LogP contribution < -0.4 is 0 Å². The second kappa shape index (κ2) is 3.49. The van der Waals surface area contributed by atoms with Crippen LogP contribution in [0.2, 0.25) is 0 Å². The molecule has 5 rings (SSSR count). The quantitative estimate of drug-likeness (QED) is 0.257. The third kappa shape index (κ3) is 1.12. The predicted octanol–water partition coefficient (Wildman–Crippen LogP) is 5.34. The van der Waals surface area contributed by atoms with E-state index in [9.17, 15) is 0 Å². The molecule has 0 amide bonds.